The zero-order valence-corrected chi connectivity index (χ0v) is 22.2. The van der Waals surface area contributed by atoms with Crippen molar-refractivity contribution < 1.29 is 42.0 Å². The van der Waals surface area contributed by atoms with E-state index in [0.717, 1.165) is 5.56 Å². The first kappa shape index (κ1) is 28.5. The van der Waals surface area contributed by atoms with E-state index in [1.54, 1.807) is 62.5 Å². The van der Waals surface area contributed by atoms with Crippen LogP contribution in [0.25, 0.3) is 0 Å². The Morgan fingerprint density at radius 3 is 1.87 bits per heavy atom. The second kappa shape index (κ2) is 12.1. The van der Waals surface area contributed by atoms with Crippen molar-refractivity contribution in [2.75, 3.05) is 28.3 Å². The molecule has 2 heterocycles. The molecule has 2 aliphatic rings. The number of halogens is 3. The maximum absolute atomic E-state index is 13.8. The molecule has 2 aliphatic heterocycles. The van der Waals surface area contributed by atoms with Gasteiger partial charge in [0.15, 0.2) is 11.3 Å². The number of aliphatic hydroxyl groups excluding tert-OH is 1. The molecule has 4 rings (SSSR count). The molecule has 38 heavy (non-hydrogen) atoms. The second-order valence-electron chi connectivity index (χ2n) is 9.12. The van der Waals surface area contributed by atoms with Crippen LogP contribution >= 0.6 is 11.8 Å². The summed E-state index contributed by atoms with van der Waals surface area (Å²) in [6.07, 6.45) is -11.6. The van der Waals surface area contributed by atoms with E-state index in [4.69, 9.17) is 28.7 Å². The number of methoxy groups -OCH3 is 2. The fraction of sp³-hybridized carbons (Fsp3) is 0.500. The molecule has 6 atom stereocenters. The Morgan fingerprint density at radius 2 is 1.42 bits per heavy atom. The molecule has 0 aromatic heterocycles. The van der Waals surface area contributed by atoms with E-state index in [9.17, 15) is 18.3 Å². The molecule has 2 aromatic rings. The molecule has 0 spiro atoms. The van der Waals surface area contributed by atoms with Crippen molar-refractivity contribution in [2.45, 2.75) is 55.3 Å². The number of ether oxygens (including phenoxy) is 5. The van der Waals surface area contributed by atoms with Crippen LogP contribution in [0.2, 0.25) is 0 Å². The largest absolute Gasteiger partial charge is 0.497 e. The third-order valence-electron chi connectivity index (χ3n) is 6.27. The summed E-state index contributed by atoms with van der Waals surface area (Å²) < 4.78 is 69.7. The summed E-state index contributed by atoms with van der Waals surface area (Å²) in [5.41, 5.74) is 0.717. The summed E-state index contributed by atoms with van der Waals surface area (Å²) in [6.45, 7) is 0.0584. The summed E-state index contributed by atoms with van der Waals surface area (Å²) in [5, 5.41) is 10.9. The number of benzene rings is 2. The second-order valence-corrected chi connectivity index (χ2v) is 10.2. The average molecular weight is 557 g/mol. The number of nitrogens with zero attached hydrogens (tertiary/aromatic N) is 2. The number of aliphatic hydroxyl groups is 1. The first-order chi connectivity index (χ1) is 18.1. The van der Waals surface area contributed by atoms with Crippen LogP contribution in [-0.2, 0) is 27.4 Å². The van der Waals surface area contributed by atoms with Crippen LogP contribution < -0.4 is 9.47 Å². The molecule has 12 heteroatoms. The van der Waals surface area contributed by atoms with Crippen molar-refractivity contribution in [3.63, 3.8) is 0 Å². The SMILES string of the molecule is COc1ccc(COC2C(OCc3ccc(OC)cc3)[C@@H]([C@H](O)C(F)(F)F)O[C@@H]3SC(N(C)C)=N[C@H]23)cc1. The molecule has 1 saturated heterocycles. The fourth-order valence-corrected chi connectivity index (χ4v) is 5.36. The lowest BCUT2D eigenvalue weighted by atomic mass is 9.93. The van der Waals surface area contributed by atoms with E-state index in [1.165, 1.54) is 18.9 Å². The molecule has 1 fully saturated rings. The summed E-state index contributed by atoms with van der Waals surface area (Å²) in [7, 11) is 6.67. The molecule has 0 aliphatic carbocycles. The maximum atomic E-state index is 13.8. The molecule has 2 aromatic carbocycles. The Kier molecular flexibility index (Phi) is 9.09. The number of fused-ring (bicyclic) bond motifs is 1. The average Bonchev–Trinajstić information content (AvgIpc) is 3.34. The minimum absolute atomic E-state index is 0.0315. The van der Waals surface area contributed by atoms with Gasteiger partial charge in [0, 0.05) is 14.1 Å². The maximum Gasteiger partial charge on any atom is 0.417 e. The molecule has 2 unspecified atom stereocenters. The number of amidine groups is 1. The van der Waals surface area contributed by atoms with Gasteiger partial charge in [-0.15, -0.1) is 0 Å². The van der Waals surface area contributed by atoms with Gasteiger partial charge in [-0.2, -0.15) is 13.2 Å². The summed E-state index contributed by atoms with van der Waals surface area (Å²) in [4.78, 5) is 6.45. The van der Waals surface area contributed by atoms with Crippen LogP contribution in [0.4, 0.5) is 13.2 Å². The minimum atomic E-state index is -4.92. The van der Waals surface area contributed by atoms with Gasteiger partial charge in [-0.25, -0.2) is 0 Å². The van der Waals surface area contributed by atoms with Crippen molar-refractivity contribution in [3.8, 4) is 11.5 Å². The third-order valence-corrected chi connectivity index (χ3v) is 7.57. The summed E-state index contributed by atoms with van der Waals surface area (Å²) in [6, 6.07) is 13.5. The third kappa shape index (κ3) is 6.55. The molecule has 208 valence electrons. The standard InChI is InChI=1S/C26H31F3N2O6S/c1-31(2)25-30-19-20(35-13-15-5-9-17(33-3)10-6-15)21(36-14-16-7-11-18(34-4)12-8-16)22(37-24(19)38-25)23(32)26(27,28)29/h5-12,19-24,32H,13-14H2,1-4H3/t19-,20?,21?,22+,23+,24-/m1/s1. The Labute approximate surface area is 223 Å². The van der Waals surface area contributed by atoms with Crippen molar-refractivity contribution in [1.82, 2.24) is 4.90 Å². The van der Waals surface area contributed by atoms with Crippen LogP contribution in [0.15, 0.2) is 53.5 Å². The monoisotopic (exact) mass is 556 g/mol. The number of alkyl halides is 3. The highest BCUT2D eigenvalue weighted by Gasteiger charge is 2.57. The Bertz CT molecular complexity index is 1080. The molecule has 0 bridgehead atoms. The van der Waals surface area contributed by atoms with Crippen LogP contribution in [0.5, 0.6) is 11.5 Å². The van der Waals surface area contributed by atoms with E-state index < -0.39 is 42.1 Å². The number of aliphatic imine (C=N–C) groups is 1. The molecule has 0 amide bonds. The number of thioether (sulfide) groups is 1. The fourth-order valence-electron chi connectivity index (χ4n) is 4.22. The highest BCUT2D eigenvalue weighted by atomic mass is 32.2. The van der Waals surface area contributed by atoms with Gasteiger partial charge >= 0.3 is 6.18 Å². The van der Waals surface area contributed by atoms with Gasteiger partial charge < -0.3 is 33.7 Å². The first-order valence-electron chi connectivity index (χ1n) is 11.9. The van der Waals surface area contributed by atoms with Gasteiger partial charge in [0.2, 0.25) is 0 Å². The van der Waals surface area contributed by atoms with Gasteiger partial charge in [-0.1, -0.05) is 36.0 Å². The Morgan fingerprint density at radius 1 is 0.921 bits per heavy atom. The Balaban J connectivity index is 1.63. The normalized spacial score (nSPS) is 25.9. The molecule has 0 saturated carbocycles. The molecular formula is C26H31F3N2O6S. The highest BCUT2D eigenvalue weighted by Crippen LogP contribution is 2.42. The van der Waals surface area contributed by atoms with E-state index in [0.29, 0.717) is 22.2 Å². The molecular weight excluding hydrogens is 525 g/mol. The quantitative estimate of drug-likeness (QED) is 0.499. The number of rotatable bonds is 9. The smallest absolute Gasteiger partial charge is 0.417 e. The summed E-state index contributed by atoms with van der Waals surface area (Å²) in [5.74, 6) is 1.30. The van der Waals surface area contributed by atoms with Crippen LogP contribution in [0.1, 0.15) is 11.1 Å². The van der Waals surface area contributed by atoms with E-state index >= 15 is 0 Å². The number of hydrogen-bond acceptors (Lipinski definition) is 9. The lowest BCUT2D eigenvalue weighted by Crippen LogP contribution is -2.62. The highest BCUT2D eigenvalue weighted by molar-refractivity contribution is 8.14. The van der Waals surface area contributed by atoms with Crippen LogP contribution in [-0.4, -0.2) is 85.6 Å². The molecule has 0 radical (unpaired) electrons. The van der Waals surface area contributed by atoms with Crippen molar-refractivity contribution >= 4 is 16.9 Å². The zero-order valence-electron chi connectivity index (χ0n) is 21.4. The van der Waals surface area contributed by atoms with Crippen LogP contribution in [0.3, 0.4) is 0 Å². The zero-order chi connectivity index (χ0) is 27.4. The van der Waals surface area contributed by atoms with E-state index in [1.807, 2.05) is 12.1 Å². The van der Waals surface area contributed by atoms with Gasteiger partial charge in [-0.3, -0.25) is 4.99 Å². The number of hydrogen-bond donors (Lipinski definition) is 1. The topological polar surface area (TPSA) is 82.0 Å². The minimum Gasteiger partial charge on any atom is -0.497 e. The first-order valence-corrected chi connectivity index (χ1v) is 12.8. The summed E-state index contributed by atoms with van der Waals surface area (Å²) >= 11 is 1.19. The van der Waals surface area contributed by atoms with E-state index in [2.05, 4.69) is 0 Å². The van der Waals surface area contributed by atoms with Crippen molar-refractivity contribution in [2.24, 2.45) is 4.99 Å². The predicted molar refractivity (Wildman–Crippen MR) is 136 cm³/mol. The van der Waals surface area contributed by atoms with Gasteiger partial charge in [0.1, 0.15) is 41.3 Å². The van der Waals surface area contributed by atoms with Crippen molar-refractivity contribution in [1.29, 1.82) is 0 Å². The predicted octanol–water partition coefficient (Wildman–Crippen LogP) is 3.86. The Hall–Kier alpha value is -2.51. The molecule has 8 nitrogen and oxygen atoms in total. The lowest BCUT2D eigenvalue weighted by molar-refractivity contribution is -0.283. The lowest BCUT2D eigenvalue weighted by Gasteiger charge is -2.44. The van der Waals surface area contributed by atoms with Gasteiger partial charge in [0.05, 0.1) is 27.4 Å². The molecule has 1 N–H and O–H groups in total. The van der Waals surface area contributed by atoms with Crippen LogP contribution in [0, 0.1) is 0 Å². The van der Waals surface area contributed by atoms with Gasteiger partial charge in [-0.05, 0) is 35.4 Å². The van der Waals surface area contributed by atoms with Gasteiger partial charge in [0.25, 0.3) is 0 Å². The van der Waals surface area contributed by atoms with E-state index in [-0.39, 0.29) is 13.2 Å². The van der Waals surface area contributed by atoms with Crippen molar-refractivity contribution in [3.05, 3.63) is 59.7 Å².